The third-order valence-electron chi connectivity index (χ3n) is 13.4. The minimum atomic E-state index is -5.24. The summed E-state index contributed by atoms with van der Waals surface area (Å²) in [5, 5.41) is 0. The summed E-state index contributed by atoms with van der Waals surface area (Å²) in [6.45, 7) is 46.1. The fraction of sp³-hybridized carbons (Fsp3) is 0.726. The van der Waals surface area contributed by atoms with Crippen molar-refractivity contribution >= 4 is 33.7 Å². The molecule has 19 nitrogen and oxygen atoms in total. The highest BCUT2D eigenvalue weighted by Gasteiger charge is 2.64. The van der Waals surface area contributed by atoms with Crippen LogP contribution in [0, 0.1) is 50.7 Å². The molecule has 0 spiro atoms. The zero-order valence-electron chi connectivity index (χ0n) is 61.0. The molecule has 26 heteroatoms. The van der Waals surface area contributed by atoms with Gasteiger partial charge in [-0.15, -0.1) is 52.6 Å². The number of carbonyl (C=O) groups excluding carboxylic acids is 4. The Morgan fingerprint density at radius 3 is 0.586 bits per heavy atom. The first kappa shape index (κ1) is 103. The quantitative estimate of drug-likeness (QED) is 0.0182. The van der Waals surface area contributed by atoms with Crippen molar-refractivity contribution in [3.8, 4) is 0 Å². The molecule has 2 saturated carbocycles. The number of hydrogen-bond acceptors (Lipinski definition) is 19. The maximum absolute atomic E-state index is 13.7. The van der Waals surface area contributed by atoms with E-state index >= 15 is 0 Å². The highest BCUT2D eigenvalue weighted by molar-refractivity contribution is 7.89. The van der Waals surface area contributed by atoms with Crippen molar-refractivity contribution in [2.75, 3.05) is 159 Å². The lowest BCUT2D eigenvalue weighted by molar-refractivity contribution is -0.327. The van der Waals surface area contributed by atoms with Gasteiger partial charge in [-0.05, 0) is 70.6 Å². The summed E-state index contributed by atoms with van der Waals surface area (Å²) < 4.78 is 163. The van der Waals surface area contributed by atoms with Gasteiger partial charge in [0.05, 0.1) is 146 Å². The summed E-state index contributed by atoms with van der Waals surface area (Å²) in [5.74, 6) is -3.37. The zero-order chi connectivity index (χ0) is 76.0. The lowest BCUT2D eigenvalue weighted by Gasteiger charge is -2.35. The molecule has 0 aromatic heterocycles. The monoisotopic (exact) mass is 1450 g/mol. The number of methoxy groups -OCH3 is 1. The minimum absolute atomic E-state index is 0. The predicted molar refractivity (Wildman–Crippen MR) is 378 cm³/mol. The van der Waals surface area contributed by atoms with Crippen LogP contribution >= 0.6 is 0 Å². The van der Waals surface area contributed by atoms with Gasteiger partial charge in [0.15, 0.2) is 5.41 Å². The molecule has 0 bridgehead atoms. The molecule has 0 aliphatic heterocycles. The molecule has 0 unspecified atom stereocenters. The Morgan fingerprint density at radius 1 is 0.364 bits per heavy atom. The van der Waals surface area contributed by atoms with Crippen LogP contribution < -0.4 is 0 Å². The van der Waals surface area contributed by atoms with Crippen LogP contribution in [-0.2, 0) is 90.6 Å². The van der Waals surface area contributed by atoms with Crippen molar-refractivity contribution in [2.24, 2.45) is 50.7 Å². The van der Waals surface area contributed by atoms with Gasteiger partial charge in [-0.1, -0.05) is 104 Å². The molecule has 2 rings (SSSR count). The molecular formula is C73H126F6O19S. The second kappa shape index (κ2) is 57.5. The number of carbonyl (C=O) groups is 4. The van der Waals surface area contributed by atoms with Gasteiger partial charge in [-0.3, -0.25) is 19.2 Å². The highest BCUT2D eigenvalue weighted by Crippen LogP contribution is 2.49. The maximum Gasteiger partial charge on any atom is 0.402 e. The number of alkyl halides is 6. The summed E-state index contributed by atoms with van der Waals surface area (Å²) in [7, 11) is 0.583. The van der Waals surface area contributed by atoms with Crippen LogP contribution in [-0.4, -0.2) is 204 Å². The summed E-state index contributed by atoms with van der Waals surface area (Å²) in [5.41, 5.74) is -5.76. The zero-order valence-corrected chi connectivity index (χ0v) is 61.8. The van der Waals surface area contributed by atoms with Crippen molar-refractivity contribution in [3.05, 3.63) is 101 Å². The molecule has 0 aromatic rings. The van der Waals surface area contributed by atoms with Gasteiger partial charge in [0.1, 0.15) is 36.3 Å². The van der Waals surface area contributed by atoms with Crippen LogP contribution in [0.5, 0.6) is 0 Å². The molecule has 0 saturated heterocycles. The molecule has 99 heavy (non-hydrogen) atoms. The van der Waals surface area contributed by atoms with E-state index in [-0.39, 0.29) is 126 Å². The van der Waals surface area contributed by atoms with Crippen molar-refractivity contribution in [1.82, 2.24) is 0 Å². The van der Waals surface area contributed by atoms with Gasteiger partial charge < -0.3 is 61.6 Å². The standard InChI is InChI=1S/C55H84O16.C5H6F6.C5H12.C3H8.C2H6O2S.C2H6O.CH4/c1-9-25-60-33-53(34-61-26-10-2,35-62-27-11-3)41-68-49(56)45-17-21-47(22-18-45)51(58)70-43-55(39-66-31-15-7,40-67-32-16-8)44-71-52(59)48-23-19-46(20-24-48)50(57)69-42-54(36-63-28-12-4,37-64-29-13-5)38-65-30-14-6;1-3(2,4(6,7)8)5(9,10)11;1-5(2,3)4;1-3-2;1-5(2,3)4;1-3-2;/h9-16,45-48H,1-8,17-44H2;1-2H3;1-4H3;3H2,1-2H3;1-2H3;1-2H3;1H4. The number of ether oxygens (including phenoxy) is 13. The fourth-order valence-corrected chi connectivity index (χ4v) is 8.28. The molecule has 2 aliphatic carbocycles. The van der Waals surface area contributed by atoms with Gasteiger partial charge >= 0.3 is 36.2 Å². The van der Waals surface area contributed by atoms with Crippen LogP contribution in [0.15, 0.2) is 101 Å². The highest BCUT2D eigenvalue weighted by atomic mass is 32.2. The van der Waals surface area contributed by atoms with E-state index in [4.69, 9.17) is 56.8 Å². The van der Waals surface area contributed by atoms with E-state index in [0.717, 1.165) is 12.5 Å². The Bertz CT molecular complexity index is 2100. The first-order valence-electron chi connectivity index (χ1n) is 32.6. The van der Waals surface area contributed by atoms with Crippen LogP contribution in [0.4, 0.5) is 26.3 Å². The molecule has 0 N–H and O–H groups in total. The number of hydrogen-bond donors (Lipinski definition) is 0. The van der Waals surface area contributed by atoms with Gasteiger partial charge in [0, 0.05) is 26.7 Å². The third-order valence-corrected chi connectivity index (χ3v) is 13.4. The smallest absolute Gasteiger partial charge is 0.402 e. The average Bonchev–Trinajstić information content (AvgIpc) is 0.796. The molecule has 580 valence electrons. The molecule has 0 aromatic carbocycles. The fourth-order valence-electron chi connectivity index (χ4n) is 8.28. The number of halogens is 6. The Hall–Kier alpha value is -5.03. The molecule has 2 fully saturated rings. The van der Waals surface area contributed by atoms with E-state index in [9.17, 15) is 53.9 Å². The van der Waals surface area contributed by atoms with Gasteiger partial charge in [0.25, 0.3) is 0 Å². The number of esters is 4. The molecule has 0 amide bonds. The van der Waals surface area contributed by atoms with Gasteiger partial charge in [0.2, 0.25) is 0 Å². The summed E-state index contributed by atoms with van der Waals surface area (Å²) in [6.07, 6.45) is 9.42. The first-order chi connectivity index (χ1) is 45.8. The van der Waals surface area contributed by atoms with Crippen molar-refractivity contribution in [2.45, 2.75) is 133 Å². The summed E-state index contributed by atoms with van der Waals surface area (Å²) >= 11 is 0. The molecule has 0 heterocycles. The van der Waals surface area contributed by atoms with E-state index in [1.54, 1.807) is 62.8 Å². The van der Waals surface area contributed by atoms with Crippen molar-refractivity contribution < 1.29 is 116 Å². The van der Waals surface area contributed by atoms with Crippen LogP contribution in [0.25, 0.3) is 0 Å². The Labute approximate surface area is 590 Å². The molecule has 2 aliphatic rings. The lowest BCUT2D eigenvalue weighted by atomic mass is 9.82. The molecular weight excluding hydrogens is 1330 g/mol. The van der Waals surface area contributed by atoms with Crippen molar-refractivity contribution in [3.63, 3.8) is 0 Å². The van der Waals surface area contributed by atoms with Crippen molar-refractivity contribution in [1.29, 1.82) is 0 Å². The third kappa shape index (κ3) is 52.6. The largest absolute Gasteiger partial charge is 0.465 e. The van der Waals surface area contributed by atoms with E-state index in [1.807, 2.05) is 0 Å². The summed E-state index contributed by atoms with van der Waals surface area (Å²) in [4.78, 5) is 54.2. The van der Waals surface area contributed by atoms with E-state index in [1.165, 1.54) is 6.42 Å². The Morgan fingerprint density at radius 2 is 0.485 bits per heavy atom. The molecule has 0 radical (unpaired) electrons. The maximum atomic E-state index is 13.7. The van der Waals surface area contributed by atoms with Gasteiger partial charge in [-0.2, -0.15) is 26.3 Å². The lowest BCUT2D eigenvalue weighted by Crippen LogP contribution is -2.44. The first-order valence-corrected chi connectivity index (χ1v) is 34.9. The second-order valence-electron chi connectivity index (χ2n) is 26.3. The van der Waals surface area contributed by atoms with E-state index in [2.05, 4.69) is 98.9 Å². The normalized spacial score (nSPS) is 16.3. The Balaban J connectivity index is -0.000000881. The summed E-state index contributed by atoms with van der Waals surface area (Å²) in [6, 6.07) is 0. The minimum Gasteiger partial charge on any atom is -0.465 e. The van der Waals surface area contributed by atoms with Gasteiger partial charge in [-0.25, -0.2) is 8.42 Å². The van der Waals surface area contributed by atoms with Crippen LogP contribution in [0.3, 0.4) is 0 Å². The average molecular weight is 1450 g/mol. The van der Waals surface area contributed by atoms with Crippen LogP contribution in [0.2, 0.25) is 0 Å². The SMILES string of the molecule is C.C=CCOCC(COCC=C)(COCC=C)COC(=O)C1CCC(C(=O)OCC(COCC=C)(COCC=C)COC(=O)C2CCC(C(=O)OCC(COCC=C)(COCC=C)COCC=C)CC2)CC1.CC(C)(C(F)(F)F)C(F)(F)F.CC(C)(C)C.CCC.COC.CS(C)(=O)=O. The van der Waals surface area contributed by atoms with E-state index < -0.39 is 79.5 Å². The topological polar surface area (TPSA) is 222 Å². The van der Waals surface area contributed by atoms with Crippen LogP contribution in [0.1, 0.15) is 121 Å². The predicted octanol–water partition coefficient (Wildman–Crippen LogP) is 14.5. The van der Waals surface area contributed by atoms with E-state index in [0.29, 0.717) is 96.4 Å². The Kier molecular flexibility index (Phi) is 59.6. The molecule has 0 atom stereocenters. The number of rotatable bonds is 44. The number of sulfone groups is 1. The second-order valence-corrected chi connectivity index (χ2v) is 28.6.